The van der Waals surface area contributed by atoms with Gasteiger partial charge in [0.1, 0.15) is 5.52 Å². The third-order valence-corrected chi connectivity index (χ3v) is 7.50. The number of ether oxygens (including phenoxy) is 1. The van der Waals surface area contributed by atoms with E-state index in [1.807, 2.05) is 18.0 Å². The van der Waals surface area contributed by atoms with E-state index in [4.69, 9.17) is 9.72 Å². The lowest BCUT2D eigenvalue weighted by atomic mass is 9.88. The number of hydrogen-bond acceptors (Lipinski definition) is 8. The summed E-state index contributed by atoms with van der Waals surface area (Å²) in [5, 5.41) is 6.84. The van der Waals surface area contributed by atoms with E-state index >= 15 is 0 Å². The fourth-order valence-electron chi connectivity index (χ4n) is 4.73. The van der Waals surface area contributed by atoms with Crippen LogP contribution in [0.2, 0.25) is 0 Å². The topological polar surface area (TPSA) is 75.2 Å². The Morgan fingerprint density at radius 1 is 1.21 bits per heavy atom. The molecule has 0 spiro atoms. The molecule has 5 rings (SSSR count). The summed E-state index contributed by atoms with van der Waals surface area (Å²) >= 11 is 1.86. The first-order valence-corrected chi connectivity index (χ1v) is 13.0. The summed E-state index contributed by atoms with van der Waals surface area (Å²) < 4.78 is 8.30. The van der Waals surface area contributed by atoms with Crippen molar-refractivity contribution in [3.8, 4) is 0 Å². The number of rotatable bonds is 6. The van der Waals surface area contributed by atoms with Gasteiger partial charge in [-0.1, -0.05) is 41.8 Å². The number of allylic oxidation sites excluding steroid dienone is 6. The second-order valence-corrected chi connectivity index (χ2v) is 9.60. The van der Waals surface area contributed by atoms with E-state index in [1.165, 1.54) is 31.5 Å². The third-order valence-electron chi connectivity index (χ3n) is 6.62. The first-order valence-electron chi connectivity index (χ1n) is 11.8. The van der Waals surface area contributed by atoms with Gasteiger partial charge >= 0.3 is 0 Å². The van der Waals surface area contributed by atoms with Crippen molar-refractivity contribution in [1.29, 1.82) is 0 Å². The van der Waals surface area contributed by atoms with Crippen molar-refractivity contribution in [2.24, 2.45) is 5.92 Å². The standard InChI is InChI=1S/C25H32N6OS/c1-33-31-12-7-19(8-13-31)18-3-2-4-20(6-5-18)22-15-23-24(28-10-9-27-23)25(30-22)29-17-21-16-26-11-14-32-21/h2,4-6,9-10,15,19,21,26H,3,7-8,11-14,16-17H2,1H3,(H,29,30)/t21-/m1/s1. The number of pyridine rings is 1. The molecule has 7 nitrogen and oxygen atoms in total. The van der Waals surface area contributed by atoms with Crippen LogP contribution < -0.4 is 10.6 Å². The molecule has 3 aliphatic rings. The van der Waals surface area contributed by atoms with Crippen molar-refractivity contribution in [3.05, 3.63) is 54.0 Å². The molecular formula is C25H32N6OS. The van der Waals surface area contributed by atoms with Gasteiger partial charge in [-0.15, -0.1) is 0 Å². The molecule has 2 aliphatic heterocycles. The molecule has 0 bridgehead atoms. The van der Waals surface area contributed by atoms with Crippen LogP contribution in [0.5, 0.6) is 0 Å². The average Bonchev–Trinajstić information content (AvgIpc) is 3.14. The number of nitrogens with zero attached hydrogens (tertiary/aromatic N) is 4. The minimum atomic E-state index is 0.121. The van der Waals surface area contributed by atoms with Crippen LogP contribution in [-0.2, 0) is 4.74 Å². The Labute approximate surface area is 199 Å². The van der Waals surface area contributed by atoms with Crippen LogP contribution in [0.15, 0.2) is 48.3 Å². The highest BCUT2D eigenvalue weighted by molar-refractivity contribution is 7.96. The zero-order chi connectivity index (χ0) is 22.5. The van der Waals surface area contributed by atoms with E-state index in [0.717, 1.165) is 54.2 Å². The molecule has 0 unspecified atom stereocenters. The van der Waals surface area contributed by atoms with Crippen LogP contribution in [-0.4, -0.2) is 70.9 Å². The van der Waals surface area contributed by atoms with Crippen molar-refractivity contribution >= 4 is 34.4 Å². The number of morpholine rings is 1. The lowest BCUT2D eigenvalue weighted by molar-refractivity contribution is 0.0372. The molecule has 1 aliphatic carbocycles. The molecular weight excluding hydrogens is 432 g/mol. The number of fused-ring (bicyclic) bond motifs is 1. The summed E-state index contributed by atoms with van der Waals surface area (Å²) in [4.78, 5) is 14.1. The second-order valence-electron chi connectivity index (χ2n) is 8.71. The van der Waals surface area contributed by atoms with E-state index in [2.05, 4.69) is 55.5 Å². The fraction of sp³-hybridized carbons (Fsp3) is 0.480. The molecule has 0 saturated carbocycles. The molecule has 0 amide bonds. The minimum absolute atomic E-state index is 0.121. The number of nitrogens with one attached hydrogen (secondary N) is 2. The van der Waals surface area contributed by atoms with Crippen molar-refractivity contribution in [2.45, 2.75) is 25.4 Å². The van der Waals surface area contributed by atoms with Gasteiger partial charge in [0, 0.05) is 45.1 Å². The zero-order valence-electron chi connectivity index (χ0n) is 19.2. The first kappa shape index (κ1) is 22.5. The molecule has 2 fully saturated rings. The predicted molar refractivity (Wildman–Crippen MR) is 136 cm³/mol. The van der Waals surface area contributed by atoms with Crippen LogP contribution in [0.4, 0.5) is 5.82 Å². The van der Waals surface area contributed by atoms with E-state index in [0.29, 0.717) is 12.5 Å². The first-order chi connectivity index (χ1) is 16.3. The second kappa shape index (κ2) is 10.8. The van der Waals surface area contributed by atoms with Crippen LogP contribution in [0, 0.1) is 5.92 Å². The molecule has 2 aromatic heterocycles. The molecule has 0 radical (unpaired) electrons. The molecule has 8 heteroatoms. The summed E-state index contributed by atoms with van der Waals surface area (Å²) in [5.41, 5.74) is 5.19. The molecule has 174 valence electrons. The van der Waals surface area contributed by atoms with Gasteiger partial charge in [0.05, 0.1) is 23.9 Å². The Hall–Kier alpha value is -2.26. The largest absolute Gasteiger partial charge is 0.374 e. The van der Waals surface area contributed by atoms with Gasteiger partial charge in [-0.05, 0) is 43.1 Å². The third kappa shape index (κ3) is 5.46. The SMILES string of the molecule is CSN1CCC(C2=CC=C(c3cc4nccnc4c(NC[C@H]4CNCCO4)n3)C=CC2)CC1. The fourth-order valence-corrected chi connectivity index (χ4v) is 5.31. The van der Waals surface area contributed by atoms with Crippen molar-refractivity contribution in [1.82, 2.24) is 24.6 Å². The highest BCUT2D eigenvalue weighted by Gasteiger charge is 2.22. The lowest BCUT2D eigenvalue weighted by Gasteiger charge is -2.31. The highest BCUT2D eigenvalue weighted by Crippen LogP contribution is 2.32. The average molecular weight is 465 g/mol. The number of aromatic nitrogens is 3. The summed E-state index contributed by atoms with van der Waals surface area (Å²) in [6.07, 6.45) is 18.3. The molecule has 2 aromatic rings. The van der Waals surface area contributed by atoms with Gasteiger partial charge in [-0.25, -0.2) is 9.97 Å². The molecule has 2 saturated heterocycles. The summed E-state index contributed by atoms with van der Waals surface area (Å²) in [6, 6.07) is 2.04. The lowest BCUT2D eigenvalue weighted by Crippen LogP contribution is -2.42. The van der Waals surface area contributed by atoms with Gasteiger partial charge in [-0.2, -0.15) is 0 Å². The maximum absolute atomic E-state index is 5.83. The Bertz CT molecular complexity index is 1050. The molecule has 33 heavy (non-hydrogen) atoms. The van der Waals surface area contributed by atoms with Gasteiger partial charge in [0.15, 0.2) is 5.82 Å². The summed E-state index contributed by atoms with van der Waals surface area (Å²) in [7, 11) is 0. The van der Waals surface area contributed by atoms with Crippen molar-refractivity contribution in [3.63, 3.8) is 0 Å². The maximum Gasteiger partial charge on any atom is 0.154 e. The number of anilines is 1. The van der Waals surface area contributed by atoms with Crippen molar-refractivity contribution in [2.75, 3.05) is 50.9 Å². The number of piperidine rings is 1. The predicted octanol–water partition coefficient (Wildman–Crippen LogP) is 3.68. The van der Waals surface area contributed by atoms with Crippen LogP contribution in [0.3, 0.4) is 0 Å². The van der Waals surface area contributed by atoms with Gasteiger partial charge < -0.3 is 15.4 Å². The quantitative estimate of drug-likeness (QED) is 0.627. The Balaban J connectivity index is 1.38. The van der Waals surface area contributed by atoms with E-state index in [9.17, 15) is 0 Å². The molecule has 1 atom stereocenters. The molecule has 2 N–H and O–H groups in total. The Morgan fingerprint density at radius 2 is 2.09 bits per heavy atom. The monoisotopic (exact) mass is 464 g/mol. The molecule has 4 heterocycles. The summed E-state index contributed by atoms with van der Waals surface area (Å²) in [5.74, 6) is 1.43. The van der Waals surface area contributed by atoms with Gasteiger partial charge in [0.2, 0.25) is 0 Å². The maximum atomic E-state index is 5.83. The Kier molecular flexibility index (Phi) is 7.36. The van der Waals surface area contributed by atoms with Crippen LogP contribution >= 0.6 is 11.9 Å². The van der Waals surface area contributed by atoms with Crippen LogP contribution in [0.25, 0.3) is 16.6 Å². The van der Waals surface area contributed by atoms with Crippen molar-refractivity contribution < 1.29 is 4.74 Å². The minimum Gasteiger partial charge on any atom is -0.374 e. The van der Waals surface area contributed by atoms with Crippen LogP contribution in [0.1, 0.15) is 25.0 Å². The number of hydrogen-bond donors (Lipinski definition) is 2. The highest BCUT2D eigenvalue weighted by atomic mass is 32.2. The smallest absolute Gasteiger partial charge is 0.154 e. The van der Waals surface area contributed by atoms with E-state index in [-0.39, 0.29) is 6.10 Å². The van der Waals surface area contributed by atoms with Gasteiger partial charge in [0.25, 0.3) is 0 Å². The van der Waals surface area contributed by atoms with E-state index < -0.39 is 0 Å². The zero-order valence-corrected chi connectivity index (χ0v) is 20.0. The Morgan fingerprint density at radius 3 is 2.91 bits per heavy atom. The normalized spacial score (nSPS) is 22.6. The summed E-state index contributed by atoms with van der Waals surface area (Å²) in [6.45, 7) is 5.51. The van der Waals surface area contributed by atoms with Gasteiger partial charge in [-0.3, -0.25) is 9.29 Å². The molecule has 0 aromatic carbocycles. The van der Waals surface area contributed by atoms with E-state index in [1.54, 1.807) is 12.4 Å².